The number of nitrogens with zero attached hydrogens (tertiary/aromatic N) is 3. The van der Waals surface area contributed by atoms with Crippen LogP contribution in [0.25, 0.3) is 22.4 Å². The molecule has 0 aliphatic heterocycles. The number of nitrogens with one attached hydrogen (secondary N) is 2. The number of aromatic nitrogens is 4. The fourth-order valence-electron chi connectivity index (χ4n) is 3.37. The van der Waals surface area contributed by atoms with E-state index in [2.05, 4.69) is 31.8 Å². The first-order chi connectivity index (χ1) is 15.1. The first-order valence-electron chi connectivity index (χ1n) is 10.2. The summed E-state index contributed by atoms with van der Waals surface area (Å²) in [5, 5.41) is 3.74. The van der Waals surface area contributed by atoms with Crippen LogP contribution in [-0.2, 0) is 17.8 Å². The van der Waals surface area contributed by atoms with Crippen LogP contribution >= 0.6 is 11.8 Å². The molecule has 0 bridgehead atoms. The molecule has 0 fully saturated rings. The van der Waals surface area contributed by atoms with Gasteiger partial charge in [0.1, 0.15) is 5.82 Å². The highest BCUT2D eigenvalue weighted by molar-refractivity contribution is 7.99. The topological polar surface area (TPSA) is 92.7 Å². The molecular weight excluding hydrogens is 410 g/mol. The molecule has 1 amide bonds. The average molecular weight is 434 g/mol. The van der Waals surface area contributed by atoms with Crippen LogP contribution in [0.3, 0.4) is 0 Å². The largest absolute Gasteiger partial charge is 0.325 e. The van der Waals surface area contributed by atoms with Crippen molar-refractivity contribution >= 4 is 34.4 Å². The first kappa shape index (κ1) is 20.9. The van der Waals surface area contributed by atoms with E-state index in [1.165, 1.54) is 17.8 Å². The van der Waals surface area contributed by atoms with E-state index in [0.29, 0.717) is 17.9 Å². The van der Waals surface area contributed by atoms with Gasteiger partial charge in [-0.25, -0.2) is 9.97 Å². The minimum atomic E-state index is -0.188. The Morgan fingerprint density at radius 1 is 1.10 bits per heavy atom. The quantitative estimate of drug-likeness (QED) is 0.428. The summed E-state index contributed by atoms with van der Waals surface area (Å²) in [7, 11) is 0. The monoisotopic (exact) mass is 433 g/mol. The molecule has 2 aromatic heterocycles. The summed E-state index contributed by atoms with van der Waals surface area (Å²) in [6, 6.07) is 16.8. The van der Waals surface area contributed by atoms with Gasteiger partial charge in [0.05, 0.1) is 16.8 Å². The first-order valence-corrected chi connectivity index (χ1v) is 11.1. The average Bonchev–Trinajstić information content (AvgIpc) is 3.15. The highest BCUT2D eigenvalue weighted by Crippen LogP contribution is 2.24. The zero-order chi connectivity index (χ0) is 21.8. The molecule has 8 heteroatoms. The van der Waals surface area contributed by atoms with Crippen molar-refractivity contribution in [3.8, 4) is 11.4 Å². The molecule has 2 heterocycles. The van der Waals surface area contributed by atoms with Crippen molar-refractivity contribution in [3.05, 3.63) is 70.6 Å². The number of carbonyl (C=O) groups is 1. The highest BCUT2D eigenvalue weighted by atomic mass is 32.2. The summed E-state index contributed by atoms with van der Waals surface area (Å²) in [4.78, 5) is 36.3. The smallest absolute Gasteiger partial charge is 0.251 e. The molecular formula is C23H23N5O2S. The van der Waals surface area contributed by atoms with Crippen LogP contribution in [0.15, 0.2) is 64.5 Å². The summed E-state index contributed by atoms with van der Waals surface area (Å²) in [6.07, 6.45) is 0.674. The minimum Gasteiger partial charge on any atom is -0.325 e. The van der Waals surface area contributed by atoms with Crippen LogP contribution < -0.4 is 10.9 Å². The van der Waals surface area contributed by atoms with Gasteiger partial charge in [-0.1, -0.05) is 43.0 Å². The van der Waals surface area contributed by atoms with Gasteiger partial charge in [-0.2, -0.15) is 0 Å². The number of carbonyl (C=O) groups excluding carboxylic acids is 1. The Labute approximate surface area is 183 Å². The highest BCUT2D eigenvalue weighted by Gasteiger charge is 2.12. The number of anilines is 1. The fraction of sp³-hybridized carbons (Fsp3) is 0.217. The number of thioether (sulfide) groups is 1. The number of aryl methyl sites for hydroxylation is 2. The van der Waals surface area contributed by atoms with Crippen LogP contribution in [0, 0.1) is 0 Å². The zero-order valence-electron chi connectivity index (χ0n) is 17.4. The molecule has 2 N–H and O–H groups in total. The molecule has 31 heavy (non-hydrogen) atoms. The number of fused-ring (bicyclic) bond motifs is 1. The normalized spacial score (nSPS) is 11.0. The van der Waals surface area contributed by atoms with Gasteiger partial charge in [0.15, 0.2) is 5.16 Å². The number of benzene rings is 2. The lowest BCUT2D eigenvalue weighted by atomic mass is 10.2. The minimum absolute atomic E-state index is 0.124. The SMILES string of the molecule is CCc1cc(=O)[nH]c(-c2cccc(NC(=O)CSc3nc4ccccc4n3CC)c2)n1. The summed E-state index contributed by atoms with van der Waals surface area (Å²) in [5.41, 5.74) is 3.92. The van der Waals surface area contributed by atoms with Crippen LogP contribution in [0.2, 0.25) is 0 Å². The standard InChI is InChI=1S/C23H23N5O2S/c1-3-16-13-20(29)27-22(25-16)15-8-7-9-17(12-15)24-21(30)14-31-23-26-18-10-5-6-11-19(18)28(23)4-2/h5-13H,3-4,14H2,1-2H3,(H,24,30)(H,25,27,29). The molecule has 4 rings (SSSR count). The summed E-state index contributed by atoms with van der Waals surface area (Å²) in [5.74, 6) is 0.612. The molecule has 158 valence electrons. The number of amides is 1. The number of hydrogen-bond acceptors (Lipinski definition) is 5. The fourth-order valence-corrected chi connectivity index (χ4v) is 4.24. The van der Waals surface area contributed by atoms with E-state index in [1.54, 1.807) is 0 Å². The maximum Gasteiger partial charge on any atom is 0.251 e. The molecule has 0 aliphatic rings. The van der Waals surface area contributed by atoms with Crippen molar-refractivity contribution in [1.82, 2.24) is 19.5 Å². The zero-order valence-corrected chi connectivity index (χ0v) is 18.2. The lowest BCUT2D eigenvalue weighted by Gasteiger charge is -2.09. The van der Waals surface area contributed by atoms with Crippen LogP contribution in [0.1, 0.15) is 19.5 Å². The lowest BCUT2D eigenvalue weighted by Crippen LogP contribution is -2.15. The second-order valence-electron chi connectivity index (χ2n) is 6.98. The molecule has 0 spiro atoms. The van der Waals surface area contributed by atoms with Crippen molar-refractivity contribution in [2.45, 2.75) is 32.0 Å². The van der Waals surface area contributed by atoms with E-state index < -0.39 is 0 Å². The number of rotatable bonds is 7. The summed E-state index contributed by atoms with van der Waals surface area (Å²) < 4.78 is 2.11. The van der Waals surface area contributed by atoms with E-state index in [0.717, 1.165) is 34.0 Å². The van der Waals surface area contributed by atoms with Gasteiger partial charge in [0.25, 0.3) is 5.56 Å². The van der Waals surface area contributed by atoms with Gasteiger partial charge in [0.2, 0.25) is 5.91 Å². The van der Waals surface area contributed by atoms with Crippen molar-refractivity contribution in [2.24, 2.45) is 0 Å². The van der Waals surface area contributed by atoms with Crippen molar-refractivity contribution in [2.75, 3.05) is 11.1 Å². The molecule has 0 unspecified atom stereocenters. The Bertz CT molecular complexity index is 1290. The third-order valence-electron chi connectivity index (χ3n) is 4.84. The second-order valence-corrected chi connectivity index (χ2v) is 7.93. The maximum absolute atomic E-state index is 12.6. The Morgan fingerprint density at radius 3 is 2.74 bits per heavy atom. The maximum atomic E-state index is 12.6. The molecule has 0 radical (unpaired) electrons. The molecule has 0 atom stereocenters. The van der Waals surface area contributed by atoms with Gasteiger partial charge in [-0.3, -0.25) is 9.59 Å². The third-order valence-corrected chi connectivity index (χ3v) is 5.82. The number of para-hydroxylation sites is 2. The van der Waals surface area contributed by atoms with Crippen LogP contribution in [0.5, 0.6) is 0 Å². The molecule has 4 aromatic rings. The summed E-state index contributed by atoms with van der Waals surface area (Å²) in [6.45, 7) is 4.80. The van der Waals surface area contributed by atoms with E-state index in [-0.39, 0.29) is 17.2 Å². The van der Waals surface area contributed by atoms with E-state index in [9.17, 15) is 9.59 Å². The molecule has 7 nitrogen and oxygen atoms in total. The second kappa shape index (κ2) is 9.18. The van der Waals surface area contributed by atoms with Crippen LogP contribution in [0.4, 0.5) is 5.69 Å². The molecule has 2 aromatic carbocycles. The van der Waals surface area contributed by atoms with E-state index >= 15 is 0 Å². The van der Waals surface area contributed by atoms with Crippen molar-refractivity contribution in [1.29, 1.82) is 0 Å². The van der Waals surface area contributed by atoms with Crippen molar-refractivity contribution in [3.63, 3.8) is 0 Å². The van der Waals surface area contributed by atoms with Gasteiger partial charge in [0, 0.05) is 29.6 Å². The predicted octanol–water partition coefficient (Wildman–Crippen LogP) is 4.10. The van der Waals surface area contributed by atoms with E-state index in [1.807, 2.05) is 55.5 Å². The van der Waals surface area contributed by atoms with Gasteiger partial charge >= 0.3 is 0 Å². The number of H-pyrrole nitrogens is 1. The van der Waals surface area contributed by atoms with Crippen LogP contribution in [-0.4, -0.2) is 31.2 Å². The Hall–Kier alpha value is -3.39. The molecule has 0 saturated heterocycles. The number of hydrogen-bond donors (Lipinski definition) is 2. The molecule has 0 saturated carbocycles. The predicted molar refractivity (Wildman–Crippen MR) is 124 cm³/mol. The third kappa shape index (κ3) is 4.69. The molecule has 0 aliphatic carbocycles. The Balaban J connectivity index is 1.47. The number of aromatic amines is 1. The number of imidazole rings is 1. The lowest BCUT2D eigenvalue weighted by molar-refractivity contribution is -0.113. The summed E-state index contributed by atoms with van der Waals surface area (Å²) >= 11 is 1.41. The van der Waals surface area contributed by atoms with Gasteiger partial charge in [-0.15, -0.1) is 0 Å². The van der Waals surface area contributed by atoms with Gasteiger partial charge < -0.3 is 14.9 Å². The van der Waals surface area contributed by atoms with Gasteiger partial charge in [-0.05, 0) is 37.6 Å². The Kier molecular flexibility index (Phi) is 6.18. The van der Waals surface area contributed by atoms with E-state index in [4.69, 9.17) is 0 Å². The Morgan fingerprint density at radius 2 is 1.94 bits per heavy atom. The van der Waals surface area contributed by atoms with Crippen molar-refractivity contribution < 1.29 is 4.79 Å².